The van der Waals surface area contributed by atoms with Crippen molar-refractivity contribution in [3.05, 3.63) is 28.6 Å². The van der Waals surface area contributed by atoms with Crippen LogP contribution in [0.1, 0.15) is 31.4 Å². The fourth-order valence-electron chi connectivity index (χ4n) is 1.90. The fourth-order valence-corrected chi connectivity index (χ4v) is 2.21. The van der Waals surface area contributed by atoms with Crippen LogP contribution in [0.3, 0.4) is 0 Å². The van der Waals surface area contributed by atoms with Crippen LogP contribution in [0.2, 0.25) is 0 Å². The Kier molecular flexibility index (Phi) is 3.83. The summed E-state index contributed by atoms with van der Waals surface area (Å²) in [7, 11) is 0. The summed E-state index contributed by atoms with van der Waals surface area (Å²) in [6.07, 6.45) is 7.84. The maximum atomic E-state index is 11.5. The average Bonchev–Trinajstić information content (AvgIpc) is 2.87. The summed E-state index contributed by atoms with van der Waals surface area (Å²) in [5.74, 6) is 0.632. The van der Waals surface area contributed by atoms with Crippen LogP contribution in [0.15, 0.2) is 27.3 Å². The molecular weight excluding hydrogens is 270 g/mol. The summed E-state index contributed by atoms with van der Waals surface area (Å²) >= 11 is 3.21. The molecule has 3 nitrogen and oxygen atoms in total. The second-order valence-corrected chi connectivity index (χ2v) is 4.75. The van der Waals surface area contributed by atoms with Gasteiger partial charge < -0.3 is 9.73 Å². The molecule has 0 atom stereocenters. The third kappa shape index (κ3) is 3.23. The fraction of sp³-hybridized carbons (Fsp3) is 0.417. The minimum absolute atomic E-state index is 0.0422. The molecule has 16 heavy (non-hydrogen) atoms. The van der Waals surface area contributed by atoms with E-state index < -0.39 is 0 Å². The number of nitrogens with one attached hydrogen (secondary N) is 1. The normalized spacial score (nSPS) is 17.1. The second kappa shape index (κ2) is 5.34. The summed E-state index contributed by atoms with van der Waals surface area (Å²) in [6.45, 7) is 0. The molecule has 0 aliphatic heterocycles. The highest BCUT2D eigenvalue weighted by molar-refractivity contribution is 9.10. The highest BCUT2D eigenvalue weighted by Crippen LogP contribution is 2.18. The molecular formula is C12H14BrNO2. The highest BCUT2D eigenvalue weighted by Gasteiger charge is 2.15. The number of furan rings is 1. The van der Waals surface area contributed by atoms with Crippen LogP contribution in [0.5, 0.6) is 0 Å². The van der Waals surface area contributed by atoms with Crippen LogP contribution in [-0.4, -0.2) is 11.9 Å². The van der Waals surface area contributed by atoms with E-state index in [0.717, 1.165) is 12.8 Å². The Labute approximate surface area is 103 Å². The number of hydrogen-bond acceptors (Lipinski definition) is 2. The highest BCUT2D eigenvalue weighted by atomic mass is 79.9. The average molecular weight is 284 g/mol. The number of carbonyl (C=O) groups is 1. The van der Waals surface area contributed by atoms with E-state index >= 15 is 0 Å². The third-order valence-corrected chi connectivity index (χ3v) is 3.12. The lowest BCUT2D eigenvalue weighted by molar-refractivity contribution is -0.117. The molecule has 0 saturated heterocycles. The predicted octanol–water partition coefficient (Wildman–Crippen LogP) is 3.11. The van der Waals surface area contributed by atoms with Gasteiger partial charge in [0, 0.05) is 12.1 Å². The topological polar surface area (TPSA) is 42.2 Å². The summed E-state index contributed by atoms with van der Waals surface area (Å²) in [4.78, 5) is 11.5. The predicted molar refractivity (Wildman–Crippen MR) is 65.8 cm³/mol. The first-order chi connectivity index (χ1) is 7.74. The number of amides is 1. The third-order valence-electron chi connectivity index (χ3n) is 2.69. The maximum Gasteiger partial charge on any atom is 0.244 e. The molecule has 2 rings (SSSR count). The van der Waals surface area contributed by atoms with E-state index in [0.29, 0.717) is 16.5 Å². The monoisotopic (exact) mass is 283 g/mol. The van der Waals surface area contributed by atoms with Crippen molar-refractivity contribution in [2.24, 2.45) is 0 Å². The zero-order valence-corrected chi connectivity index (χ0v) is 10.5. The quantitative estimate of drug-likeness (QED) is 0.866. The second-order valence-electron chi connectivity index (χ2n) is 3.97. The van der Waals surface area contributed by atoms with Crippen LogP contribution in [0.25, 0.3) is 6.08 Å². The maximum absolute atomic E-state index is 11.5. The molecule has 0 aromatic carbocycles. The van der Waals surface area contributed by atoms with Gasteiger partial charge in [0.2, 0.25) is 5.91 Å². The van der Waals surface area contributed by atoms with Gasteiger partial charge in [-0.05, 0) is 47.0 Å². The Morgan fingerprint density at radius 3 is 2.81 bits per heavy atom. The van der Waals surface area contributed by atoms with Gasteiger partial charge >= 0.3 is 0 Å². The Morgan fingerprint density at radius 1 is 1.44 bits per heavy atom. The van der Waals surface area contributed by atoms with Crippen LogP contribution in [-0.2, 0) is 4.79 Å². The molecule has 0 bridgehead atoms. The van der Waals surface area contributed by atoms with Gasteiger partial charge in [-0.25, -0.2) is 0 Å². The summed E-state index contributed by atoms with van der Waals surface area (Å²) in [5.41, 5.74) is 0. The smallest absolute Gasteiger partial charge is 0.244 e. The molecule has 0 unspecified atom stereocenters. The molecule has 1 aromatic rings. The zero-order valence-electron chi connectivity index (χ0n) is 8.91. The summed E-state index contributed by atoms with van der Waals surface area (Å²) in [6, 6.07) is 3.97. The van der Waals surface area contributed by atoms with Crippen LogP contribution in [0, 0.1) is 0 Å². The molecule has 0 radical (unpaired) electrons. The standard InChI is InChI=1S/C12H14BrNO2/c13-11-7-5-10(16-11)6-8-12(15)14-9-3-1-2-4-9/h5-9H,1-4H2,(H,14,15)/b8-6+. The Bertz CT molecular complexity index is 391. The van der Waals surface area contributed by atoms with E-state index in [1.165, 1.54) is 18.9 Å². The molecule has 1 aromatic heterocycles. The minimum atomic E-state index is -0.0422. The Hall–Kier alpha value is -1.03. The van der Waals surface area contributed by atoms with E-state index in [1.54, 1.807) is 12.1 Å². The minimum Gasteiger partial charge on any atom is -0.450 e. The number of hydrogen-bond donors (Lipinski definition) is 1. The van der Waals surface area contributed by atoms with E-state index in [4.69, 9.17) is 4.42 Å². The van der Waals surface area contributed by atoms with Gasteiger partial charge in [-0.2, -0.15) is 0 Å². The first-order valence-corrected chi connectivity index (χ1v) is 6.27. The lowest BCUT2D eigenvalue weighted by atomic mass is 10.2. The summed E-state index contributed by atoms with van der Waals surface area (Å²) in [5, 5.41) is 2.98. The first-order valence-electron chi connectivity index (χ1n) is 5.48. The van der Waals surface area contributed by atoms with Crippen molar-refractivity contribution in [1.82, 2.24) is 5.32 Å². The molecule has 1 saturated carbocycles. The van der Waals surface area contributed by atoms with Gasteiger partial charge in [0.15, 0.2) is 4.67 Å². The van der Waals surface area contributed by atoms with Crippen LogP contribution >= 0.6 is 15.9 Å². The molecule has 1 aliphatic carbocycles. The van der Waals surface area contributed by atoms with E-state index in [-0.39, 0.29) is 5.91 Å². The van der Waals surface area contributed by atoms with Crippen molar-refractivity contribution in [2.45, 2.75) is 31.7 Å². The largest absolute Gasteiger partial charge is 0.450 e. The van der Waals surface area contributed by atoms with Crippen molar-refractivity contribution in [1.29, 1.82) is 0 Å². The lowest BCUT2D eigenvalue weighted by Gasteiger charge is -2.08. The molecule has 1 fully saturated rings. The van der Waals surface area contributed by atoms with Crippen LogP contribution in [0.4, 0.5) is 0 Å². The Balaban J connectivity index is 1.84. The van der Waals surface area contributed by atoms with Gasteiger partial charge in [0.1, 0.15) is 5.76 Å². The Morgan fingerprint density at radius 2 is 2.19 bits per heavy atom. The molecule has 0 spiro atoms. The van der Waals surface area contributed by atoms with Gasteiger partial charge in [0.05, 0.1) is 0 Å². The SMILES string of the molecule is O=C(/C=C/c1ccc(Br)o1)NC1CCCC1. The van der Waals surface area contributed by atoms with E-state index in [9.17, 15) is 4.79 Å². The number of rotatable bonds is 3. The van der Waals surface area contributed by atoms with Gasteiger partial charge in [-0.15, -0.1) is 0 Å². The van der Waals surface area contributed by atoms with Gasteiger partial charge in [-0.3, -0.25) is 4.79 Å². The molecule has 1 heterocycles. The van der Waals surface area contributed by atoms with Gasteiger partial charge in [0.25, 0.3) is 0 Å². The number of halogens is 1. The molecule has 1 aliphatic rings. The lowest BCUT2D eigenvalue weighted by Crippen LogP contribution is -2.30. The van der Waals surface area contributed by atoms with Gasteiger partial charge in [-0.1, -0.05) is 12.8 Å². The molecule has 86 valence electrons. The van der Waals surface area contributed by atoms with Crippen molar-refractivity contribution >= 4 is 27.9 Å². The van der Waals surface area contributed by atoms with E-state index in [2.05, 4.69) is 21.2 Å². The van der Waals surface area contributed by atoms with Crippen molar-refractivity contribution in [3.8, 4) is 0 Å². The zero-order chi connectivity index (χ0) is 11.4. The first kappa shape index (κ1) is 11.5. The van der Waals surface area contributed by atoms with Crippen LogP contribution < -0.4 is 5.32 Å². The summed E-state index contributed by atoms with van der Waals surface area (Å²) < 4.78 is 5.92. The van der Waals surface area contributed by atoms with Crippen molar-refractivity contribution in [2.75, 3.05) is 0 Å². The van der Waals surface area contributed by atoms with Crippen molar-refractivity contribution in [3.63, 3.8) is 0 Å². The number of carbonyl (C=O) groups excluding carboxylic acids is 1. The van der Waals surface area contributed by atoms with Crippen molar-refractivity contribution < 1.29 is 9.21 Å². The van der Waals surface area contributed by atoms with E-state index in [1.807, 2.05) is 6.07 Å². The molecule has 4 heteroatoms. The molecule has 1 amide bonds. The molecule has 1 N–H and O–H groups in total.